The molecule has 102 valence electrons. The molecule has 2 rings (SSSR count). The molecule has 0 spiro atoms. The molecule has 0 amide bonds. The molecule has 0 saturated carbocycles. The first-order valence-corrected chi connectivity index (χ1v) is 6.83. The highest BCUT2D eigenvalue weighted by Crippen LogP contribution is 2.11. The van der Waals surface area contributed by atoms with Gasteiger partial charge in [0.15, 0.2) is 0 Å². The molecule has 1 aliphatic rings. The SMILES string of the molecule is CN(CCOc1ccc(C#N)cc1)CC1CCCN1. The van der Waals surface area contributed by atoms with Gasteiger partial charge in [0.25, 0.3) is 0 Å². The Morgan fingerprint density at radius 3 is 2.84 bits per heavy atom. The van der Waals surface area contributed by atoms with Crippen molar-refractivity contribution in [2.75, 3.05) is 33.3 Å². The zero-order valence-electron chi connectivity index (χ0n) is 11.4. The lowest BCUT2D eigenvalue weighted by atomic mass is 10.2. The van der Waals surface area contributed by atoms with Gasteiger partial charge < -0.3 is 15.0 Å². The first kappa shape index (κ1) is 13.9. The fraction of sp³-hybridized carbons (Fsp3) is 0.533. The number of benzene rings is 1. The third-order valence-electron chi connectivity index (χ3n) is 3.42. The first-order valence-electron chi connectivity index (χ1n) is 6.83. The molecule has 1 saturated heterocycles. The second kappa shape index (κ2) is 7.13. The van der Waals surface area contributed by atoms with Crippen LogP contribution < -0.4 is 10.1 Å². The average molecular weight is 259 g/mol. The lowest BCUT2D eigenvalue weighted by Crippen LogP contribution is -2.37. The molecule has 0 bridgehead atoms. The molecule has 1 unspecified atom stereocenters. The molecule has 1 aromatic rings. The molecule has 1 aliphatic heterocycles. The summed E-state index contributed by atoms with van der Waals surface area (Å²) < 4.78 is 5.67. The largest absolute Gasteiger partial charge is 0.492 e. The van der Waals surface area contributed by atoms with Crippen LogP contribution in [0.3, 0.4) is 0 Å². The second-order valence-corrected chi connectivity index (χ2v) is 5.04. The number of ether oxygens (including phenoxy) is 1. The van der Waals surface area contributed by atoms with E-state index < -0.39 is 0 Å². The van der Waals surface area contributed by atoms with Gasteiger partial charge in [-0.2, -0.15) is 5.26 Å². The summed E-state index contributed by atoms with van der Waals surface area (Å²) in [6, 6.07) is 9.98. The van der Waals surface area contributed by atoms with E-state index in [1.165, 1.54) is 12.8 Å². The molecule has 0 aliphatic carbocycles. The minimum atomic E-state index is 0.639. The lowest BCUT2D eigenvalue weighted by molar-refractivity contribution is 0.225. The van der Waals surface area contributed by atoms with Gasteiger partial charge in [0.2, 0.25) is 0 Å². The molecular formula is C15H21N3O. The van der Waals surface area contributed by atoms with Crippen LogP contribution in [0.25, 0.3) is 0 Å². The molecule has 1 atom stereocenters. The third kappa shape index (κ3) is 4.55. The Bertz CT molecular complexity index is 418. The number of nitrogens with one attached hydrogen (secondary N) is 1. The topological polar surface area (TPSA) is 48.3 Å². The lowest BCUT2D eigenvalue weighted by Gasteiger charge is -2.21. The Labute approximate surface area is 115 Å². The van der Waals surface area contributed by atoms with Crippen LogP contribution in [-0.2, 0) is 0 Å². The molecule has 1 aromatic carbocycles. The number of hydrogen-bond acceptors (Lipinski definition) is 4. The maximum Gasteiger partial charge on any atom is 0.119 e. The highest BCUT2D eigenvalue weighted by Gasteiger charge is 2.15. The maximum absolute atomic E-state index is 8.71. The van der Waals surface area contributed by atoms with Crippen LogP contribution in [0.1, 0.15) is 18.4 Å². The van der Waals surface area contributed by atoms with E-state index >= 15 is 0 Å². The summed E-state index contributed by atoms with van der Waals surface area (Å²) in [5.74, 6) is 0.825. The monoisotopic (exact) mass is 259 g/mol. The van der Waals surface area contributed by atoms with Crippen LogP contribution in [0, 0.1) is 11.3 Å². The highest BCUT2D eigenvalue weighted by atomic mass is 16.5. The van der Waals surface area contributed by atoms with E-state index in [0.717, 1.165) is 25.4 Å². The summed E-state index contributed by atoms with van der Waals surface area (Å²) in [4.78, 5) is 2.30. The van der Waals surface area contributed by atoms with Crippen LogP contribution in [-0.4, -0.2) is 44.2 Å². The van der Waals surface area contributed by atoms with Crippen LogP contribution in [0.2, 0.25) is 0 Å². The van der Waals surface area contributed by atoms with Crippen molar-refractivity contribution in [3.63, 3.8) is 0 Å². The Morgan fingerprint density at radius 2 is 2.21 bits per heavy atom. The zero-order valence-corrected chi connectivity index (χ0v) is 11.4. The van der Waals surface area contributed by atoms with Gasteiger partial charge in [0.05, 0.1) is 11.6 Å². The predicted octanol–water partition coefficient (Wildman–Crippen LogP) is 1.62. The Morgan fingerprint density at radius 1 is 1.42 bits per heavy atom. The van der Waals surface area contributed by atoms with E-state index in [2.05, 4.69) is 23.3 Å². The molecule has 4 nitrogen and oxygen atoms in total. The van der Waals surface area contributed by atoms with Crippen molar-refractivity contribution in [3.8, 4) is 11.8 Å². The van der Waals surface area contributed by atoms with Crippen LogP contribution in [0.15, 0.2) is 24.3 Å². The van der Waals surface area contributed by atoms with E-state index in [1.54, 1.807) is 12.1 Å². The van der Waals surface area contributed by atoms with E-state index in [4.69, 9.17) is 10.00 Å². The van der Waals surface area contributed by atoms with Crippen molar-refractivity contribution >= 4 is 0 Å². The number of hydrogen-bond donors (Lipinski definition) is 1. The van der Waals surface area contributed by atoms with Crippen molar-refractivity contribution in [1.29, 1.82) is 5.26 Å². The number of nitriles is 1. The minimum Gasteiger partial charge on any atom is -0.492 e. The molecule has 1 heterocycles. The second-order valence-electron chi connectivity index (χ2n) is 5.04. The van der Waals surface area contributed by atoms with Gasteiger partial charge in [-0.1, -0.05) is 0 Å². The molecule has 1 N–H and O–H groups in total. The first-order chi connectivity index (χ1) is 9.28. The van der Waals surface area contributed by atoms with Crippen molar-refractivity contribution in [2.45, 2.75) is 18.9 Å². The highest BCUT2D eigenvalue weighted by molar-refractivity contribution is 5.34. The number of rotatable bonds is 6. The average Bonchev–Trinajstić information content (AvgIpc) is 2.92. The maximum atomic E-state index is 8.71. The smallest absolute Gasteiger partial charge is 0.119 e. The Hall–Kier alpha value is -1.57. The van der Waals surface area contributed by atoms with E-state index in [-0.39, 0.29) is 0 Å². The molecule has 0 radical (unpaired) electrons. The zero-order chi connectivity index (χ0) is 13.5. The molecule has 19 heavy (non-hydrogen) atoms. The molecule has 1 fully saturated rings. The normalized spacial score (nSPS) is 18.5. The van der Waals surface area contributed by atoms with Crippen LogP contribution in [0.5, 0.6) is 5.75 Å². The standard InChI is InChI=1S/C15H21N3O/c1-18(12-14-3-2-8-17-14)9-10-19-15-6-4-13(11-16)5-7-15/h4-7,14,17H,2-3,8-10,12H2,1H3. The van der Waals surface area contributed by atoms with Gasteiger partial charge in [-0.15, -0.1) is 0 Å². The van der Waals surface area contributed by atoms with E-state index in [1.807, 2.05) is 12.1 Å². The van der Waals surface area contributed by atoms with Crippen molar-refractivity contribution in [1.82, 2.24) is 10.2 Å². The summed E-state index contributed by atoms with van der Waals surface area (Å²) in [6.45, 7) is 3.82. The summed E-state index contributed by atoms with van der Waals surface area (Å²) in [7, 11) is 2.13. The summed E-state index contributed by atoms with van der Waals surface area (Å²) in [6.07, 6.45) is 2.57. The molecular weight excluding hydrogens is 238 g/mol. The number of likely N-dealkylation sites (N-methyl/N-ethyl adjacent to an activating group) is 1. The number of nitrogens with zero attached hydrogens (tertiary/aromatic N) is 2. The summed E-state index contributed by atoms with van der Waals surface area (Å²) >= 11 is 0. The Balaban J connectivity index is 1.66. The van der Waals surface area contributed by atoms with Crippen LogP contribution >= 0.6 is 0 Å². The van der Waals surface area contributed by atoms with Crippen molar-refractivity contribution in [3.05, 3.63) is 29.8 Å². The quantitative estimate of drug-likeness (QED) is 0.843. The fourth-order valence-electron chi connectivity index (χ4n) is 2.33. The van der Waals surface area contributed by atoms with Gasteiger partial charge in [-0.05, 0) is 50.7 Å². The van der Waals surface area contributed by atoms with Gasteiger partial charge >= 0.3 is 0 Å². The molecule has 4 heteroatoms. The predicted molar refractivity (Wildman–Crippen MR) is 75.2 cm³/mol. The van der Waals surface area contributed by atoms with Gasteiger partial charge in [-0.25, -0.2) is 0 Å². The minimum absolute atomic E-state index is 0.639. The fourth-order valence-corrected chi connectivity index (χ4v) is 2.33. The van der Waals surface area contributed by atoms with Crippen molar-refractivity contribution in [2.24, 2.45) is 0 Å². The van der Waals surface area contributed by atoms with Gasteiger partial charge in [0.1, 0.15) is 12.4 Å². The van der Waals surface area contributed by atoms with Gasteiger partial charge in [-0.3, -0.25) is 0 Å². The van der Waals surface area contributed by atoms with Gasteiger partial charge in [0, 0.05) is 19.1 Å². The van der Waals surface area contributed by atoms with E-state index in [9.17, 15) is 0 Å². The van der Waals surface area contributed by atoms with Crippen molar-refractivity contribution < 1.29 is 4.74 Å². The molecule has 0 aromatic heterocycles. The third-order valence-corrected chi connectivity index (χ3v) is 3.42. The summed E-state index contributed by atoms with van der Waals surface area (Å²) in [5, 5.41) is 12.2. The summed E-state index contributed by atoms with van der Waals surface area (Å²) in [5.41, 5.74) is 0.664. The van der Waals surface area contributed by atoms with Crippen LogP contribution in [0.4, 0.5) is 0 Å². The Kier molecular flexibility index (Phi) is 5.20. The van der Waals surface area contributed by atoms with E-state index in [0.29, 0.717) is 18.2 Å².